The normalized spacial score (nSPS) is 21.0. The van der Waals surface area contributed by atoms with Crippen molar-refractivity contribution in [1.82, 2.24) is 15.5 Å². The summed E-state index contributed by atoms with van der Waals surface area (Å²) in [6.07, 6.45) is 9.82. The van der Waals surface area contributed by atoms with Gasteiger partial charge in [-0.25, -0.2) is 0 Å². The predicted octanol–water partition coefficient (Wildman–Crippen LogP) is -0.299. The van der Waals surface area contributed by atoms with E-state index in [4.69, 9.17) is 11.5 Å². The minimum absolute atomic E-state index is 0.0533. The molecule has 1 heterocycles. The van der Waals surface area contributed by atoms with E-state index >= 15 is 0 Å². The fourth-order valence-electron chi connectivity index (χ4n) is 4.07. The lowest BCUT2D eigenvalue weighted by Gasteiger charge is -2.30. The molecular weight excluding hydrogens is 400 g/mol. The van der Waals surface area contributed by atoms with E-state index in [1.807, 2.05) is 0 Å². The van der Waals surface area contributed by atoms with Crippen LogP contribution in [0.1, 0.15) is 44.9 Å². The van der Waals surface area contributed by atoms with Gasteiger partial charge in [-0.1, -0.05) is 31.9 Å². The first-order chi connectivity index (χ1) is 14.8. The van der Waals surface area contributed by atoms with Crippen LogP contribution in [0, 0.1) is 5.92 Å². The van der Waals surface area contributed by atoms with Gasteiger partial charge in [0.05, 0.1) is 12.7 Å². The molecule has 6 N–H and O–H groups in total. The van der Waals surface area contributed by atoms with E-state index in [1.54, 1.807) is 0 Å². The lowest BCUT2D eigenvalue weighted by Crippen LogP contribution is -2.54. The molecule has 10 heteroatoms. The van der Waals surface area contributed by atoms with E-state index < -0.39 is 29.8 Å². The molecule has 1 aliphatic heterocycles. The number of amides is 4. The van der Waals surface area contributed by atoms with Gasteiger partial charge in [0, 0.05) is 12.8 Å². The van der Waals surface area contributed by atoms with Crippen LogP contribution in [0.2, 0.25) is 0 Å². The second kappa shape index (κ2) is 11.9. The fourth-order valence-corrected chi connectivity index (χ4v) is 4.07. The Morgan fingerprint density at radius 3 is 2.45 bits per heavy atom. The van der Waals surface area contributed by atoms with Gasteiger partial charge in [-0.3, -0.25) is 24.2 Å². The van der Waals surface area contributed by atoms with Crippen LogP contribution in [0.15, 0.2) is 29.5 Å². The van der Waals surface area contributed by atoms with Crippen LogP contribution in [0.25, 0.3) is 0 Å². The van der Waals surface area contributed by atoms with Gasteiger partial charge in [0.1, 0.15) is 17.8 Å². The monoisotopic (exact) mass is 432 g/mol. The zero-order chi connectivity index (χ0) is 22.8. The Labute approximate surface area is 182 Å². The Kier molecular flexibility index (Phi) is 9.23. The van der Waals surface area contributed by atoms with Gasteiger partial charge in [-0.15, -0.1) is 0 Å². The van der Waals surface area contributed by atoms with E-state index in [0.29, 0.717) is 19.4 Å². The summed E-state index contributed by atoms with van der Waals surface area (Å²) in [4.78, 5) is 54.6. The summed E-state index contributed by atoms with van der Waals surface area (Å²) in [6.45, 7) is 3.64. The van der Waals surface area contributed by atoms with E-state index in [1.165, 1.54) is 23.4 Å². The maximum absolute atomic E-state index is 12.9. The number of nitrogens with two attached hydrogens (primary N) is 2. The van der Waals surface area contributed by atoms with E-state index in [0.717, 1.165) is 32.1 Å². The Bertz CT molecular complexity index is 757. The molecule has 0 radical (unpaired) electrons. The second-order valence-electron chi connectivity index (χ2n) is 7.83. The summed E-state index contributed by atoms with van der Waals surface area (Å²) < 4.78 is 0. The Morgan fingerprint density at radius 1 is 1.10 bits per heavy atom. The molecule has 1 saturated heterocycles. The van der Waals surface area contributed by atoms with Crippen molar-refractivity contribution in [3.63, 3.8) is 0 Å². The molecule has 2 fully saturated rings. The first-order valence-electron chi connectivity index (χ1n) is 10.6. The van der Waals surface area contributed by atoms with Gasteiger partial charge in [0.25, 0.3) is 5.91 Å². The lowest BCUT2D eigenvalue weighted by atomic mass is 9.83. The van der Waals surface area contributed by atoms with Crippen LogP contribution in [0.4, 0.5) is 0 Å². The largest absolute Gasteiger partial charge is 0.393 e. The van der Waals surface area contributed by atoms with Gasteiger partial charge in [0.2, 0.25) is 17.7 Å². The highest BCUT2D eigenvalue weighted by molar-refractivity contribution is 5.97. The maximum atomic E-state index is 12.9. The highest BCUT2D eigenvalue weighted by Gasteiger charge is 2.34. The quantitative estimate of drug-likeness (QED) is 0.290. The Balaban J connectivity index is 2.02. The molecule has 1 aliphatic carbocycles. The highest BCUT2D eigenvalue weighted by atomic mass is 16.2. The van der Waals surface area contributed by atoms with Crippen molar-refractivity contribution in [1.29, 1.82) is 0 Å². The van der Waals surface area contributed by atoms with Gasteiger partial charge in [-0.2, -0.15) is 0 Å². The molecule has 2 aliphatic rings. The van der Waals surface area contributed by atoms with Gasteiger partial charge in [0.15, 0.2) is 0 Å². The molecule has 10 nitrogen and oxygen atoms in total. The first-order valence-corrected chi connectivity index (χ1v) is 10.6. The zero-order valence-electron chi connectivity index (χ0n) is 17.7. The number of aliphatic imine (C=N–C) groups is 1. The van der Waals surface area contributed by atoms with Gasteiger partial charge in [-0.05, 0) is 31.6 Å². The molecule has 0 unspecified atom stereocenters. The molecule has 0 aromatic rings. The van der Waals surface area contributed by atoms with Gasteiger partial charge < -0.3 is 27.0 Å². The lowest BCUT2D eigenvalue weighted by molar-refractivity contribution is -0.138. The van der Waals surface area contributed by atoms with Crippen LogP contribution >= 0.6 is 0 Å². The third kappa shape index (κ3) is 6.94. The summed E-state index contributed by atoms with van der Waals surface area (Å²) >= 11 is 0. The molecule has 0 bridgehead atoms. The molecule has 2 atom stereocenters. The standard InChI is InChI=1S/C21H32N6O4/c1-2-10-24-12-15(22)20(30)26-18(14-7-4-3-5-8-14)21(31)25-13-17(28)27-11-6-9-16(27)19(23)29/h2,10,12,14,16,18H,1,3-9,11,13,22H2,(H2,23,29)(H,25,31)(H,26,30)/b15-12-,24-10-/t16-,18-/m0/s1. The van der Waals surface area contributed by atoms with Crippen LogP contribution < -0.4 is 22.1 Å². The maximum Gasteiger partial charge on any atom is 0.269 e. The SMILES string of the molecule is C=C/C=N\C=C(/N)C(=O)N[C@H](C(=O)NCC(=O)N1CCC[C@H]1C(N)=O)C1CCCCC1. The van der Waals surface area contributed by atoms with Crippen molar-refractivity contribution in [3.8, 4) is 0 Å². The number of likely N-dealkylation sites (tertiary alicyclic amines) is 1. The highest BCUT2D eigenvalue weighted by Crippen LogP contribution is 2.27. The number of hydrogen-bond donors (Lipinski definition) is 4. The van der Waals surface area contributed by atoms with Crippen LogP contribution in [0.3, 0.4) is 0 Å². The molecule has 4 amide bonds. The number of carbonyl (C=O) groups is 4. The van der Waals surface area contributed by atoms with Crippen molar-refractivity contribution >= 4 is 29.8 Å². The third-order valence-corrected chi connectivity index (χ3v) is 5.67. The van der Waals surface area contributed by atoms with Crippen molar-refractivity contribution in [2.24, 2.45) is 22.4 Å². The van der Waals surface area contributed by atoms with Crippen LogP contribution in [-0.4, -0.2) is 59.9 Å². The number of primary amides is 1. The second-order valence-corrected chi connectivity index (χ2v) is 7.83. The Morgan fingerprint density at radius 2 is 1.81 bits per heavy atom. The summed E-state index contributed by atoms with van der Waals surface area (Å²) in [5, 5.41) is 5.30. The molecule has 2 rings (SSSR count). The minimum atomic E-state index is -0.818. The van der Waals surface area contributed by atoms with E-state index in [9.17, 15) is 19.2 Å². The number of carbonyl (C=O) groups excluding carboxylic acids is 4. The average molecular weight is 433 g/mol. The average Bonchev–Trinajstić information content (AvgIpc) is 3.26. The predicted molar refractivity (Wildman–Crippen MR) is 116 cm³/mol. The molecule has 170 valence electrons. The summed E-state index contributed by atoms with van der Waals surface area (Å²) in [5.74, 6) is -2.03. The first kappa shape index (κ1) is 24.1. The zero-order valence-corrected chi connectivity index (χ0v) is 17.7. The summed E-state index contributed by atoms with van der Waals surface area (Å²) in [5.41, 5.74) is 11.0. The van der Waals surface area contributed by atoms with E-state index in [-0.39, 0.29) is 24.1 Å². The summed E-state index contributed by atoms with van der Waals surface area (Å²) in [6, 6.07) is -1.46. The van der Waals surface area contributed by atoms with Crippen molar-refractivity contribution in [2.45, 2.75) is 57.0 Å². The van der Waals surface area contributed by atoms with Crippen molar-refractivity contribution < 1.29 is 19.2 Å². The van der Waals surface area contributed by atoms with Crippen molar-refractivity contribution in [2.75, 3.05) is 13.1 Å². The number of rotatable bonds is 9. The molecule has 0 aromatic carbocycles. The van der Waals surface area contributed by atoms with Crippen molar-refractivity contribution in [3.05, 3.63) is 24.6 Å². The molecular formula is C21H32N6O4. The molecule has 1 saturated carbocycles. The number of nitrogens with one attached hydrogen (secondary N) is 2. The van der Waals surface area contributed by atoms with Crippen LogP contribution in [-0.2, 0) is 19.2 Å². The summed E-state index contributed by atoms with van der Waals surface area (Å²) in [7, 11) is 0. The smallest absolute Gasteiger partial charge is 0.269 e. The Hall–Kier alpha value is -3.17. The number of hydrogen-bond acceptors (Lipinski definition) is 6. The third-order valence-electron chi connectivity index (χ3n) is 5.67. The fraction of sp³-hybridized carbons (Fsp3) is 0.571. The number of allylic oxidation sites excluding steroid dienone is 1. The van der Waals surface area contributed by atoms with Crippen LogP contribution in [0.5, 0.6) is 0 Å². The van der Waals surface area contributed by atoms with Gasteiger partial charge >= 0.3 is 0 Å². The minimum Gasteiger partial charge on any atom is -0.393 e. The van der Waals surface area contributed by atoms with E-state index in [2.05, 4.69) is 22.2 Å². The number of nitrogens with zero attached hydrogens (tertiary/aromatic N) is 2. The molecule has 0 spiro atoms. The topological polar surface area (TPSA) is 160 Å². The molecule has 31 heavy (non-hydrogen) atoms. The molecule has 0 aromatic heterocycles.